The highest BCUT2D eigenvalue weighted by molar-refractivity contribution is 7.98. The van der Waals surface area contributed by atoms with E-state index < -0.39 is 5.60 Å². The molecule has 29 heavy (non-hydrogen) atoms. The molecule has 3 N–H and O–H groups in total. The summed E-state index contributed by atoms with van der Waals surface area (Å²) in [6.07, 6.45) is 9.91. The lowest BCUT2D eigenvalue weighted by Crippen LogP contribution is -2.55. The Labute approximate surface area is 183 Å². The van der Waals surface area contributed by atoms with Gasteiger partial charge in [-0.3, -0.25) is 10.1 Å². The van der Waals surface area contributed by atoms with E-state index in [-0.39, 0.29) is 17.1 Å². The Balaban J connectivity index is 2.74. The molecule has 0 spiro atoms. The van der Waals surface area contributed by atoms with Crippen LogP contribution >= 0.6 is 24.0 Å². The Morgan fingerprint density at radius 1 is 1.31 bits per heavy atom. The van der Waals surface area contributed by atoms with Crippen molar-refractivity contribution in [1.82, 2.24) is 10.6 Å². The lowest BCUT2D eigenvalue weighted by molar-refractivity contribution is -0.115. The summed E-state index contributed by atoms with van der Waals surface area (Å²) >= 11 is 6.97. The van der Waals surface area contributed by atoms with Gasteiger partial charge in [0.2, 0.25) is 5.91 Å². The predicted octanol–water partition coefficient (Wildman–Crippen LogP) is 3.70. The van der Waals surface area contributed by atoms with E-state index in [1.54, 1.807) is 37.1 Å². The molecule has 158 valence electrons. The van der Waals surface area contributed by atoms with Crippen LogP contribution in [0.5, 0.6) is 5.75 Å². The number of amides is 1. The monoisotopic (exact) mass is 434 g/mol. The predicted molar refractivity (Wildman–Crippen MR) is 127 cm³/mol. The van der Waals surface area contributed by atoms with E-state index in [4.69, 9.17) is 17.0 Å². The second kappa shape index (κ2) is 13.2. The van der Waals surface area contributed by atoms with E-state index in [1.807, 2.05) is 30.5 Å². The van der Waals surface area contributed by atoms with Gasteiger partial charge in [-0.1, -0.05) is 24.3 Å². The van der Waals surface area contributed by atoms with Crippen molar-refractivity contribution in [3.05, 3.63) is 61.2 Å². The van der Waals surface area contributed by atoms with Crippen molar-refractivity contribution in [3.63, 3.8) is 0 Å². The highest BCUT2D eigenvalue weighted by atomic mass is 32.2. The van der Waals surface area contributed by atoms with Crippen LogP contribution < -0.4 is 15.4 Å². The molecule has 1 amide bonds. The molecule has 0 aromatic heterocycles. The number of carbonyl (C=O) groups excluding carboxylic acids is 1. The van der Waals surface area contributed by atoms with Crippen LogP contribution in [0.3, 0.4) is 0 Å². The van der Waals surface area contributed by atoms with Crippen molar-refractivity contribution in [2.24, 2.45) is 0 Å². The Morgan fingerprint density at radius 2 is 1.93 bits per heavy atom. The summed E-state index contributed by atoms with van der Waals surface area (Å²) in [4.78, 5) is 12.2. The zero-order valence-electron chi connectivity index (χ0n) is 17.0. The molecular weight excluding hydrogens is 404 g/mol. The molecule has 7 heteroatoms. The van der Waals surface area contributed by atoms with E-state index in [9.17, 15) is 9.90 Å². The quantitative estimate of drug-likeness (QED) is 0.265. The van der Waals surface area contributed by atoms with Gasteiger partial charge in [0, 0.05) is 6.08 Å². The average Bonchev–Trinajstić information content (AvgIpc) is 2.70. The number of hydrogen-bond acceptors (Lipinski definition) is 5. The molecule has 1 atom stereocenters. The zero-order valence-corrected chi connectivity index (χ0v) is 18.7. The Kier molecular flexibility index (Phi) is 11.3. The molecule has 1 aromatic rings. The number of thioether (sulfide) groups is 1. The average molecular weight is 435 g/mol. The number of ether oxygens (including phenoxy) is 1. The van der Waals surface area contributed by atoms with Crippen molar-refractivity contribution in [2.75, 3.05) is 19.1 Å². The summed E-state index contributed by atoms with van der Waals surface area (Å²) in [5.74, 6) is 1.24. The van der Waals surface area contributed by atoms with Crippen LogP contribution in [0.25, 0.3) is 6.08 Å². The number of nitrogens with one attached hydrogen (secondary N) is 2. The van der Waals surface area contributed by atoms with Gasteiger partial charge in [0.25, 0.3) is 0 Å². The number of thiocarbonyl (C=S) groups is 1. The maximum absolute atomic E-state index is 12.2. The second-order valence-electron chi connectivity index (χ2n) is 6.49. The van der Waals surface area contributed by atoms with Crippen LogP contribution in [0, 0.1) is 0 Å². The third-order valence-corrected chi connectivity index (χ3v) is 5.20. The van der Waals surface area contributed by atoms with Crippen LogP contribution in [-0.2, 0) is 4.79 Å². The highest BCUT2D eigenvalue weighted by Crippen LogP contribution is 2.24. The minimum atomic E-state index is -1.08. The first-order chi connectivity index (χ1) is 13.9. The summed E-state index contributed by atoms with van der Waals surface area (Å²) in [7, 11) is 1.60. The summed E-state index contributed by atoms with van der Waals surface area (Å²) in [6.45, 7) is 7.47. The van der Waals surface area contributed by atoms with E-state index in [1.165, 1.54) is 6.08 Å². The summed E-state index contributed by atoms with van der Waals surface area (Å²) < 4.78 is 5.11. The first-order valence-corrected chi connectivity index (χ1v) is 11.1. The van der Waals surface area contributed by atoms with Crippen LogP contribution in [0.1, 0.15) is 24.8 Å². The fourth-order valence-corrected chi connectivity index (χ4v) is 3.53. The maximum atomic E-state index is 12.2. The molecule has 0 radical (unpaired) electrons. The SMILES string of the molecule is C=CCC(O)(CC=C)C(CCSC)NC(=S)NC(=O)C=Cc1ccc(OC)cc1. The van der Waals surface area contributed by atoms with Crippen molar-refractivity contribution < 1.29 is 14.6 Å². The van der Waals surface area contributed by atoms with Crippen molar-refractivity contribution in [3.8, 4) is 5.75 Å². The third kappa shape index (κ3) is 8.85. The number of benzene rings is 1. The lowest BCUT2D eigenvalue weighted by atomic mass is 9.85. The first kappa shape index (κ1) is 24.9. The molecule has 0 saturated heterocycles. The molecule has 0 heterocycles. The van der Waals surface area contributed by atoms with Crippen LogP contribution in [-0.4, -0.2) is 46.9 Å². The molecule has 1 rings (SSSR count). The Morgan fingerprint density at radius 3 is 2.45 bits per heavy atom. The van der Waals surface area contributed by atoms with Gasteiger partial charge >= 0.3 is 0 Å². The van der Waals surface area contributed by atoms with Gasteiger partial charge in [0.05, 0.1) is 18.8 Å². The van der Waals surface area contributed by atoms with E-state index >= 15 is 0 Å². The van der Waals surface area contributed by atoms with Gasteiger partial charge in [-0.2, -0.15) is 11.8 Å². The summed E-state index contributed by atoms with van der Waals surface area (Å²) in [5, 5.41) is 17.0. The molecule has 1 unspecified atom stereocenters. The van der Waals surface area contributed by atoms with Crippen molar-refractivity contribution in [1.29, 1.82) is 0 Å². The fourth-order valence-electron chi connectivity index (χ4n) is 2.81. The van der Waals surface area contributed by atoms with Crippen LogP contribution in [0.15, 0.2) is 55.7 Å². The number of methoxy groups -OCH3 is 1. The second-order valence-corrected chi connectivity index (χ2v) is 7.89. The molecule has 1 aromatic carbocycles. The van der Waals surface area contributed by atoms with Gasteiger partial charge in [0.15, 0.2) is 5.11 Å². The molecule has 0 aliphatic heterocycles. The third-order valence-electron chi connectivity index (χ3n) is 4.34. The molecule has 0 aliphatic carbocycles. The highest BCUT2D eigenvalue weighted by Gasteiger charge is 2.34. The fraction of sp³-hybridized carbons (Fsp3) is 0.364. The molecule has 0 bridgehead atoms. The number of carbonyl (C=O) groups is 1. The van der Waals surface area contributed by atoms with Crippen LogP contribution in [0.2, 0.25) is 0 Å². The zero-order chi connectivity index (χ0) is 21.7. The first-order valence-electron chi connectivity index (χ1n) is 9.25. The minimum absolute atomic E-state index is 0.173. The van der Waals surface area contributed by atoms with Crippen molar-refractivity contribution >= 4 is 41.1 Å². The standard InChI is InChI=1S/C22H30N2O3S2/c1-5-14-22(26,15-6-2)19(13-16-29-4)23-21(28)24-20(25)12-9-17-7-10-18(27-3)11-8-17/h5-12,19,26H,1-2,13-16H2,3-4H3,(H2,23,24,25,28). The van der Waals surface area contributed by atoms with E-state index in [0.29, 0.717) is 19.3 Å². The largest absolute Gasteiger partial charge is 0.497 e. The smallest absolute Gasteiger partial charge is 0.250 e. The number of aliphatic hydroxyl groups is 1. The van der Waals surface area contributed by atoms with Gasteiger partial charge < -0.3 is 15.2 Å². The number of rotatable bonds is 12. The maximum Gasteiger partial charge on any atom is 0.250 e. The molecule has 0 fully saturated rings. The summed E-state index contributed by atoms with van der Waals surface area (Å²) in [6, 6.07) is 7.00. The van der Waals surface area contributed by atoms with Gasteiger partial charge in [-0.05, 0) is 67.3 Å². The topological polar surface area (TPSA) is 70.6 Å². The Bertz CT molecular complexity index is 707. The minimum Gasteiger partial charge on any atom is -0.497 e. The van der Waals surface area contributed by atoms with Gasteiger partial charge in [-0.15, -0.1) is 13.2 Å². The Hall–Kier alpha value is -2.09. The van der Waals surface area contributed by atoms with Crippen LogP contribution in [0.4, 0.5) is 0 Å². The normalized spacial score (nSPS) is 12.2. The number of hydrogen-bond donors (Lipinski definition) is 3. The molecule has 0 saturated carbocycles. The lowest BCUT2D eigenvalue weighted by Gasteiger charge is -2.36. The van der Waals surface area contributed by atoms with E-state index in [2.05, 4.69) is 23.8 Å². The van der Waals surface area contributed by atoms with E-state index in [0.717, 1.165) is 17.1 Å². The molecule has 5 nitrogen and oxygen atoms in total. The molecule has 0 aliphatic rings. The van der Waals surface area contributed by atoms with Crippen molar-refractivity contribution in [2.45, 2.75) is 30.9 Å². The van der Waals surface area contributed by atoms with Gasteiger partial charge in [0.1, 0.15) is 5.75 Å². The molecular formula is C22H30N2O3S2. The summed E-state index contributed by atoms with van der Waals surface area (Å²) in [5.41, 5.74) is -0.212. The van der Waals surface area contributed by atoms with Gasteiger partial charge in [-0.25, -0.2) is 0 Å².